The van der Waals surface area contributed by atoms with Gasteiger partial charge in [0.1, 0.15) is 11.4 Å². The molecule has 0 radical (unpaired) electrons. The van der Waals surface area contributed by atoms with E-state index < -0.39 is 17.6 Å². The Morgan fingerprint density at radius 1 is 1.00 bits per heavy atom. The van der Waals surface area contributed by atoms with E-state index in [1.807, 2.05) is 34.7 Å². The number of pyridine rings is 1. The van der Waals surface area contributed by atoms with E-state index in [0.717, 1.165) is 48.3 Å². The molecule has 1 saturated heterocycles. The van der Waals surface area contributed by atoms with Crippen LogP contribution < -0.4 is 15.4 Å². The lowest BCUT2D eigenvalue weighted by Crippen LogP contribution is -2.46. The number of aromatic nitrogens is 2. The van der Waals surface area contributed by atoms with Crippen LogP contribution in [0, 0.1) is 6.92 Å². The van der Waals surface area contributed by atoms with Crippen LogP contribution >= 0.6 is 0 Å². The molecule has 2 amide bonds. The maximum absolute atomic E-state index is 13.0. The van der Waals surface area contributed by atoms with Gasteiger partial charge in [0.25, 0.3) is 11.8 Å². The highest BCUT2D eigenvalue weighted by Crippen LogP contribution is 2.30. The van der Waals surface area contributed by atoms with Crippen LogP contribution in [0.3, 0.4) is 0 Å². The minimum absolute atomic E-state index is 0.0103. The van der Waals surface area contributed by atoms with E-state index in [1.54, 1.807) is 25.1 Å². The quantitative estimate of drug-likeness (QED) is 0.375. The Morgan fingerprint density at radius 2 is 1.72 bits per heavy atom. The number of alkyl halides is 3. The number of fused-ring (bicyclic) bond motifs is 1. The van der Waals surface area contributed by atoms with Gasteiger partial charge in [0.05, 0.1) is 16.9 Å². The first-order valence-electron chi connectivity index (χ1n) is 12.3. The van der Waals surface area contributed by atoms with Gasteiger partial charge in [-0.25, -0.2) is 4.98 Å². The van der Waals surface area contributed by atoms with Gasteiger partial charge < -0.3 is 24.8 Å². The van der Waals surface area contributed by atoms with Gasteiger partial charge in [-0.05, 0) is 61.5 Å². The summed E-state index contributed by atoms with van der Waals surface area (Å²) in [6.07, 6.45) is -4.47. The van der Waals surface area contributed by atoms with Gasteiger partial charge in [-0.2, -0.15) is 13.2 Å². The standard InChI is InChI=1S/C28H26F3N5O3/c1-17-22(34-26(37)18-3-5-20(6-4-18)28(29,30)31)8-10-25(33-17)39-21-7-9-23-19(15-21)16-24(35(23)2)27(38)36-13-11-32-12-14-36/h3-10,15-16,32H,11-14H2,1-2H3,(H,34,37). The number of nitrogens with zero attached hydrogens (tertiary/aromatic N) is 3. The normalized spacial score (nSPS) is 13.9. The summed E-state index contributed by atoms with van der Waals surface area (Å²) in [6.45, 7) is 4.57. The Bertz CT molecular complexity index is 1540. The molecule has 5 rings (SSSR count). The third kappa shape index (κ3) is 5.58. The molecular formula is C28H26F3N5O3. The maximum Gasteiger partial charge on any atom is 0.416 e. The van der Waals surface area contributed by atoms with E-state index in [2.05, 4.69) is 15.6 Å². The molecule has 0 bridgehead atoms. The minimum Gasteiger partial charge on any atom is -0.439 e. The first-order chi connectivity index (χ1) is 18.6. The van der Waals surface area contributed by atoms with Gasteiger partial charge in [-0.1, -0.05) is 0 Å². The molecule has 2 aromatic heterocycles. The highest BCUT2D eigenvalue weighted by Gasteiger charge is 2.30. The van der Waals surface area contributed by atoms with E-state index in [-0.39, 0.29) is 11.5 Å². The Labute approximate surface area is 222 Å². The van der Waals surface area contributed by atoms with E-state index in [9.17, 15) is 22.8 Å². The summed E-state index contributed by atoms with van der Waals surface area (Å²) >= 11 is 0. The van der Waals surface area contributed by atoms with Crippen LogP contribution in [-0.4, -0.2) is 52.4 Å². The predicted octanol–water partition coefficient (Wildman–Crippen LogP) is 4.99. The number of aryl methyl sites for hydroxylation is 2. The molecule has 3 heterocycles. The Hall–Kier alpha value is -4.38. The van der Waals surface area contributed by atoms with Crippen LogP contribution in [0.1, 0.15) is 32.1 Å². The minimum atomic E-state index is -4.47. The second-order valence-corrected chi connectivity index (χ2v) is 9.27. The van der Waals surface area contributed by atoms with Crippen molar-refractivity contribution in [3.05, 3.63) is 83.2 Å². The molecule has 8 nitrogen and oxygen atoms in total. The van der Waals surface area contributed by atoms with Crippen LogP contribution in [0.15, 0.2) is 60.7 Å². The summed E-state index contributed by atoms with van der Waals surface area (Å²) in [5, 5.41) is 6.76. The highest BCUT2D eigenvalue weighted by atomic mass is 19.4. The van der Waals surface area contributed by atoms with Crippen molar-refractivity contribution in [2.45, 2.75) is 13.1 Å². The van der Waals surface area contributed by atoms with Crippen LogP contribution in [0.2, 0.25) is 0 Å². The molecule has 2 aromatic carbocycles. The zero-order chi connectivity index (χ0) is 27.7. The van der Waals surface area contributed by atoms with Gasteiger partial charge in [-0.3, -0.25) is 9.59 Å². The average molecular weight is 538 g/mol. The van der Waals surface area contributed by atoms with E-state index in [0.29, 0.717) is 41.8 Å². The zero-order valence-electron chi connectivity index (χ0n) is 21.3. The molecule has 4 aromatic rings. The largest absolute Gasteiger partial charge is 0.439 e. The zero-order valence-corrected chi connectivity index (χ0v) is 21.3. The molecule has 2 N–H and O–H groups in total. The first-order valence-corrected chi connectivity index (χ1v) is 12.3. The fourth-order valence-electron chi connectivity index (χ4n) is 4.48. The first kappa shape index (κ1) is 26.2. The summed E-state index contributed by atoms with van der Waals surface area (Å²) in [7, 11) is 1.86. The Kier molecular flexibility index (Phi) is 7.00. The lowest BCUT2D eigenvalue weighted by molar-refractivity contribution is -0.137. The van der Waals surface area contributed by atoms with E-state index in [4.69, 9.17) is 4.74 Å². The number of ether oxygens (including phenoxy) is 1. The molecule has 202 valence electrons. The Balaban J connectivity index is 1.28. The molecule has 1 aliphatic rings. The number of halogens is 3. The molecule has 0 aliphatic carbocycles. The van der Waals surface area contributed by atoms with Gasteiger partial charge in [0.15, 0.2) is 0 Å². The molecule has 0 unspecified atom stereocenters. The molecule has 39 heavy (non-hydrogen) atoms. The smallest absolute Gasteiger partial charge is 0.416 e. The van der Waals surface area contributed by atoms with Gasteiger partial charge in [0, 0.05) is 55.8 Å². The molecule has 1 aliphatic heterocycles. The number of benzene rings is 2. The van der Waals surface area contributed by atoms with Crippen molar-refractivity contribution in [2.24, 2.45) is 7.05 Å². The fraction of sp³-hybridized carbons (Fsp3) is 0.250. The van der Waals surface area contributed by atoms with Gasteiger partial charge in [0.2, 0.25) is 5.88 Å². The molecule has 11 heteroatoms. The monoisotopic (exact) mass is 537 g/mol. The number of hydrogen-bond donors (Lipinski definition) is 2. The number of rotatable bonds is 5. The van der Waals surface area contributed by atoms with Gasteiger partial charge >= 0.3 is 6.18 Å². The number of carbonyl (C=O) groups excluding carboxylic acids is 2. The summed E-state index contributed by atoms with van der Waals surface area (Å²) in [5.41, 5.74) is 1.64. The average Bonchev–Trinajstić information content (AvgIpc) is 3.25. The number of piperazine rings is 1. The second kappa shape index (κ2) is 10.4. The predicted molar refractivity (Wildman–Crippen MR) is 140 cm³/mol. The molecule has 0 spiro atoms. The number of carbonyl (C=O) groups is 2. The van der Waals surface area contributed by atoms with Crippen LogP contribution in [0.4, 0.5) is 18.9 Å². The van der Waals surface area contributed by atoms with Crippen molar-refractivity contribution >= 4 is 28.4 Å². The number of amides is 2. The van der Waals surface area contributed by atoms with Crippen LogP contribution in [0.25, 0.3) is 10.9 Å². The SMILES string of the molecule is Cc1nc(Oc2ccc3c(c2)cc(C(=O)N2CCNCC2)n3C)ccc1NC(=O)c1ccc(C(F)(F)F)cc1. The second-order valence-electron chi connectivity index (χ2n) is 9.27. The summed E-state index contributed by atoms with van der Waals surface area (Å²) < 4.78 is 46.1. The lowest BCUT2D eigenvalue weighted by Gasteiger charge is -2.27. The van der Waals surface area contributed by atoms with Crippen molar-refractivity contribution < 1.29 is 27.5 Å². The van der Waals surface area contributed by atoms with Crippen LogP contribution in [-0.2, 0) is 13.2 Å². The van der Waals surface area contributed by atoms with Crippen molar-refractivity contribution in [1.29, 1.82) is 0 Å². The topological polar surface area (TPSA) is 88.5 Å². The number of hydrogen-bond acceptors (Lipinski definition) is 5. The number of nitrogens with one attached hydrogen (secondary N) is 2. The third-order valence-electron chi connectivity index (χ3n) is 6.64. The van der Waals surface area contributed by atoms with Gasteiger partial charge in [-0.15, -0.1) is 0 Å². The molecular weight excluding hydrogens is 511 g/mol. The molecule has 1 fully saturated rings. The van der Waals surface area contributed by atoms with E-state index in [1.165, 1.54) is 0 Å². The van der Waals surface area contributed by atoms with E-state index >= 15 is 0 Å². The van der Waals surface area contributed by atoms with Crippen molar-refractivity contribution in [1.82, 2.24) is 19.8 Å². The Morgan fingerprint density at radius 3 is 2.38 bits per heavy atom. The van der Waals surface area contributed by atoms with Crippen molar-refractivity contribution in [3.8, 4) is 11.6 Å². The van der Waals surface area contributed by atoms with Crippen LogP contribution in [0.5, 0.6) is 11.6 Å². The third-order valence-corrected chi connectivity index (χ3v) is 6.64. The highest BCUT2D eigenvalue weighted by molar-refractivity contribution is 6.04. The lowest BCUT2D eigenvalue weighted by atomic mass is 10.1. The molecule has 0 atom stereocenters. The molecule has 0 saturated carbocycles. The van der Waals surface area contributed by atoms with Crippen molar-refractivity contribution in [2.75, 3.05) is 31.5 Å². The number of anilines is 1. The summed E-state index contributed by atoms with van der Waals surface area (Å²) in [6, 6.07) is 14.5. The summed E-state index contributed by atoms with van der Waals surface area (Å²) in [5.74, 6) is 0.266. The summed E-state index contributed by atoms with van der Waals surface area (Å²) in [4.78, 5) is 31.8. The maximum atomic E-state index is 13.0. The fourth-order valence-corrected chi connectivity index (χ4v) is 4.48. The van der Waals surface area contributed by atoms with Crippen molar-refractivity contribution in [3.63, 3.8) is 0 Å².